The van der Waals surface area contributed by atoms with Crippen molar-refractivity contribution in [2.45, 2.75) is 37.8 Å². The molecule has 2 heterocycles. The molecule has 166 valence electrons. The van der Waals surface area contributed by atoms with Crippen LogP contribution in [0.4, 0.5) is 11.9 Å². The number of aliphatic carboxylic acids is 1. The Balaban J connectivity index is 1.59. The molecule has 1 aromatic heterocycles. The van der Waals surface area contributed by atoms with Gasteiger partial charge in [-0.1, -0.05) is 47.5 Å². The molecule has 0 saturated heterocycles. The number of halogens is 2. The van der Waals surface area contributed by atoms with E-state index in [0.717, 1.165) is 11.1 Å². The number of nitrogens with zero attached hydrogens (tertiary/aromatic N) is 3. The van der Waals surface area contributed by atoms with Crippen molar-refractivity contribution < 1.29 is 14.7 Å². The first kappa shape index (κ1) is 22.1. The summed E-state index contributed by atoms with van der Waals surface area (Å²) in [6, 6.07) is 15.0. The molecule has 0 spiro atoms. The van der Waals surface area contributed by atoms with Crippen LogP contribution in [0.5, 0.6) is 0 Å². The van der Waals surface area contributed by atoms with Crippen LogP contribution in [0.25, 0.3) is 0 Å². The third kappa shape index (κ3) is 5.20. The zero-order valence-electron chi connectivity index (χ0n) is 16.9. The quantitative estimate of drug-likeness (QED) is 0.543. The highest BCUT2D eigenvalue weighted by Crippen LogP contribution is 2.38. The molecule has 1 aliphatic rings. The number of fused-ring (bicyclic) bond motifs is 1. The number of anilines is 2. The molecule has 0 unspecified atom stereocenters. The standard InChI is InChI=1S/C22H21Cl2N5O3/c23-15-8-4-13(5-9-15)17-12-18(14-6-10-16(24)11-7-14)29-22(25-17)27-21(28-29)26-19(30)2-1-3-20(31)32/h4-11,17-18H,1-3,12H2,(H,31,32)(H2,25,26,27,28,30)/p-1/t17-,18+/m1/s1. The summed E-state index contributed by atoms with van der Waals surface area (Å²) < 4.78 is 1.74. The molecule has 2 N–H and O–H groups in total. The van der Waals surface area contributed by atoms with Gasteiger partial charge in [-0.25, -0.2) is 4.68 Å². The molecule has 2 atom stereocenters. The van der Waals surface area contributed by atoms with Gasteiger partial charge in [0.05, 0.1) is 12.1 Å². The van der Waals surface area contributed by atoms with Crippen molar-refractivity contribution >= 4 is 47.0 Å². The zero-order valence-corrected chi connectivity index (χ0v) is 18.4. The lowest BCUT2D eigenvalue weighted by Gasteiger charge is -2.31. The molecule has 0 radical (unpaired) electrons. The third-order valence-electron chi connectivity index (χ3n) is 5.25. The number of carbonyl (C=O) groups excluding carboxylic acids is 2. The van der Waals surface area contributed by atoms with E-state index in [0.29, 0.717) is 22.4 Å². The van der Waals surface area contributed by atoms with Crippen LogP contribution in [0, 0.1) is 0 Å². The molecule has 1 aliphatic heterocycles. The van der Waals surface area contributed by atoms with Crippen molar-refractivity contribution in [3.8, 4) is 0 Å². The van der Waals surface area contributed by atoms with Crippen LogP contribution in [0.3, 0.4) is 0 Å². The first-order chi connectivity index (χ1) is 15.4. The van der Waals surface area contributed by atoms with Crippen LogP contribution in [-0.4, -0.2) is 26.6 Å². The van der Waals surface area contributed by atoms with Crippen molar-refractivity contribution in [3.63, 3.8) is 0 Å². The van der Waals surface area contributed by atoms with E-state index in [9.17, 15) is 14.7 Å². The molecular formula is C22H20Cl2N5O3-. The van der Waals surface area contributed by atoms with Crippen molar-refractivity contribution in [1.82, 2.24) is 14.8 Å². The average Bonchev–Trinajstić information content (AvgIpc) is 3.16. The Morgan fingerprint density at radius 1 is 1.03 bits per heavy atom. The Morgan fingerprint density at radius 3 is 2.28 bits per heavy atom. The number of rotatable bonds is 7. The molecule has 32 heavy (non-hydrogen) atoms. The highest BCUT2D eigenvalue weighted by Gasteiger charge is 2.31. The number of nitrogens with one attached hydrogen (secondary N) is 2. The minimum absolute atomic E-state index is 0.0410. The number of carboxylic acids is 1. The Kier molecular flexibility index (Phi) is 6.62. The molecular weight excluding hydrogens is 453 g/mol. The van der Waals surface area contributed by atoms with Gasteiger partial charge in [0.1, 0.15) is 0 Å². The maximum Gasteiger partial charge on any atom is 0.250 e. The first-order valence-corrected chi connectivity index (χ1v) is 10.9. The summed E-state index contributed by atoms with van der Waals surface area (Å²) in [5.74, 6) is -0.869. The van der Waals surface area contributed by atoms with Crippen molar-refractivity contribution in [1.29, 1.82) is 0 Å². The summed E-state index contributed by atoms with van der Waals surface area (Å²) >= 11 is 12.1. The lowest BCUT2D eigenvalue weighted by atomic mass is 9.93. The first-order valence-electron chi connectivity index (χ1n) is 10.1. The Morgan fingerprint density at radius 2 is 1.66 bits per heavy atom. The maximum atomic E-state index is 12.2. The number of amides is 1. The third-order valence-corrected chi connectivity index (χ3v) is 5.76. The van der Waals surface area contributed by atoms with E-state index in [-0.39, 0.29) is 43.2 Å². The topological polar surface area (TPSA) is 112 Å². The zero-order chi connectivity index (χ0) is 22.7. The summed E-state index contributed by atoms with van der Waals surface area (Å²) in [5.41, 5.74) is 2.06. The van der Waals surface area contributed by atoms with Crippen LogP contribution >= 0.6 is 23.2 Å². The Labute approximate surface area is 194 Å². The van der Waals surface area contributed by atoms with Gasteiger partial charge in [0.25, 0.3) is 5.95 Å². The largest absolute Gasteiger partial charge is 0.550 e. The lowest BCUT2D eigenvalue weighted by molar-refractivity contribution is -0.305. The molecule has 4 rings (SSSR count). The molecule has 10 heteroatoms. The fourth-order valence-corrected chi connectivity index (χ4v) is 3.94. The summed E-state index contributed by atoms with van der Waals surface area (Å²) in [6.45, 7) is 0. The molecule has 0 aliphatic carbocycles. The summed E-state index contributed by atoms with van der Waals surface area (Å²) in [5, 5.41) is 22.3. The second-order valence-corrected chi connectivity index (χ2v) is 8.40. The summed E-state index contributed by atoms with van der Waals surface area (Å²) in [7, 11) is 0. The van der Waals surface area contributed by atoms with E-state index in [1.54, 1.807) is 4.68 Å². The fraction of sp³-hybridized carbons (Fsp3) is 0.273. The van der Waals surface area contributed by atoms with Crippen LogP contribution < -0.4 is 15.7 Å². The smallest absolute Gasteiger partial charge is 0.250 e. The number of hydrogen-bond acceptors (Lipinski definition) is 6. The van der Waals surface area contributed by atoms with E-state index in [4.69, 9.17) is 23.2 Å². The van der Waals surface area contributed by atoms with Gasteiger partial charge in [-0.3, -0.25) is 10.1 Å². The predicted octanol–water partition coefficient (Wildman–Crippen LogP) is 3.59. The number of carboxylic acid groups (broad SMARTS) is 1. The molecule has 0 fully saturated rings. The second kappa shape index (κ2) is 9.58. The van der Waals surface area contributed by atoms with E-state index in [1.807, 2.05) is 48.5 Å². The highest BCUT2D eigenvalue weighted by atomic mass is 35.5. The minimum Gasteiger partial charge on any atom is -0.550 e. The van der Waals surface area contributed by atoms with Gasteiger partial charge < -0.3 is 15.2 Å². The molecule has 2 aromatic carbocycles. The lowest BCUT2D eigenvalue weighted by Crippen LogP contribution is -2.28. The predicted molar refractivity (Wildman–Crippen MR) is 120 cm³/mol. The molecule has 0 bridgehead atoms. The van der Waals surface area contributed by atoms with Gasteiger partial charge >= 0.3 is 0 Å². The monoisotopic (exact) mass is 472 g/mol. The highest BCUT2D eigenvalue weighted by molar-refractivity contribution is 6.30. The van der Waals surface area contributed by atoms with Gasteiger partial charge in [0.2, 0.25) is 11.9 Å². The molecule has 1 amide bonds. The Bertz CT molecular complexity index is 1120. The Hall–Kier alpha value is -3.10. The number of benzene rings is 2. The molecule has 8 nitrogen and oxygen atoms in total. The maximum absolute atomic E-state index is 12.2. The SMILES string of the molecule is O=C([O-])CCCC(=O)Nc1nc2n(n1)[C@H](c1ccc(Cl)cc1)C[C@H](c1ccc(Cl)cc1)N2. The number of hydrogen-bond donors (Lipinski definition) is 2. The molecule has 3 aromatic rings. The van der Waals surface area contributed by atoms with Gasteiger partial charge in [-0.05, 0) is 54.7 Å². The van der Waals surface area contributed by atoms with Gasteiger partial charge in [-0.15, -0.1) is 5.10 Å². The van der Waals surface area contributed by atoms with Gasteiger partial charge in [0, 0.05) is 22.4 Å². The normalized spacial score (nSPS) is 17.3. The summed E-state index contributed by atoms with van der Waals surface area (Å²) in [6.07, 6.45) is 0.743. The van der Waals surface area contributed by atoms with Crippen molar-refractivity contribution in [3.05, 3.63) is 69.7 Å². The second-order valence-electron chi connectivity index (χ2n) is 7.53. The average molecular weight is 473 g/mol. The van der Waals surface area contributed by atoms with Crippen LogP contribution in [0.1, 0.15) is 48.9 Å². The van der Waals surface area contributed by atoms with Crippen molar-refractivity contribution in [2.75, 3.05) is 10.6 Å². The van der Waals surface area contributed by atoms with Crippen LogP contribution in [-0.2, 0) is 9.59 Å². The summed E-state index contributed by atoms with van der Waals surface area (Å²) in [4.78, 5) is 27.1. The van der Waals surface area contributed by atoms with Crippen molar-refractivity contribution in [2.24, 2.45) is 0 Å². The fourth-order valence-electron chi connectivity index (χ4n) is 3.69. The van der Waals surface area contributed by atoms with E-state index in [1.165, 1.54) is 0 Å². The van der Waals surface area contributed by atoms with E-state index < -0.39 is 5.97 Å². The van der Waals surface area contributed by atoms with Gasteiger partial charge in [0.15, 0.2) is 0 Å². The number of carbonyl (C=O) groups is 2. The van der Waals surface area contributed by atoms with Gasteiger partial charge in [-0.2, -0.15) is 4.98 Å². The van der Waals surface area contributed by atoms with Crippen LogP contribution in [0.2, 0.25) is 10.0 Å². The van der Waals surface area contributed by atoms with E-state index >= 15 is 0 Å². The molecule has 0 saturated carbocycles. The minimum atomic E-state index is -1.18. The number of aromatic nitrogens is 3. The van der Waals surface area contributed by atoms with Crippen LogP contribution in [0.15, 0.2) is 48.5 Å². The van der Waals surface area contributed by atoms with E-state index in [2.05, 4.69) is 20.7 Å².